The molecule has 4 rings (SSSR count). The topological polar surface area (TPSA) is 88.5 Å². The number of carbonyl (C=O) groups is 1. The normalized spacial score (nSPS) is 12.2. The van der Waals surface area contributed by atoms with Crippen molar-refractivity contribution in [2.45, 2.75) is 0 Å². The summed E-state index contributed by atoms with van der Waals surface area (Å²) in [6.45, 7) is 0.0347. The van der Waals surface area contributed by atoms with Crippen molar-refractivity contribution in [2.24, 2.45) is 0 Å². The van der Waals surface area contributed by atoms with Gasteiger partial charge in [-0.1, -0.05) is 18.2 Å². The molecule has 2 heterocycles. The minimum absolute atomic E-state index is 0.0133. The van der Waals surface area contributed by atoms with E-state index in [0.29, 0.717) is 21.8 Å². The number of hydrogen-bond donors (Lipinski definition) is 1. The second-order valence-electron chi connectivity index (χ2n) is 5.70. The maximum absolute atomic E-state index is 13.4. The van der Waals surface area contributed by atoms with E-state index in [1.807, 2.05) is 0 Å². The number of rotatable bonds is 3. The van der Waals surface area contributed by atoms with E-state index in [0.717, 1.165) is 6.07 Å². The van der Waals surface area contributed by atoms with Crippen molar-refractivity contribution in [1.82, 2.24) is 0 Å². The van der Waals surface area contributed by atoms with Crippen LogP contribution in [0.5, 0.6) is 11.5 Å². The number of halogens is 1. The van der Waals surface area contributed by atoms with Gasteiger partial charge in [-0.25, -0.2) is 4.39 Å². The molecule has 26 heavy (non-hydrogen) atoms. The molecular formula is C19H13FN2O4. The molecule has 0 bridgehead atoms. The molecule has 0 unspecified atom stereocenters. The molecule has 2 aromatic carbocycles. The highest BCUT2D eigenvalue weighted by atomic mass is 19.1. The number of nitrogens with two attached hydrogens (primary N) is 1. The van der Waals surface area contributed by atoms with E-state index in [1.165, 1.54) is 30.5 Å². The Morgan fingerprint density at radius 3 is 2.77 bits per heavy atom. The molecule has 2 N–H and O–H groups in total. The van der Waals surface area contributed by atoms with Gasteiger partial charge in [-0.3, -0.25) is 4.79 Å². The van der Waals surface area contributed by atoms with Crippen LogP contribution in [-0.2, 0) is 0 Å². The van der Waals surface area contributed by atoms with Gasteiger partial charge in [0.25, 0.3) is 5.69 Å². The zero-order chi connectivity index (χ0) is 18.3. The van der Waals surface area contributed by atoms with Crippen LogP contribution in [0.15, 0.2) is 54.7 Å². The molecule has 0 saturated heterocycles. The van der Waals surface area contributed by atoms with Crippen LogP contribution in [0.1, 0.15) is 15.9 Å². The van der Waals surface area contributed by atoms with Crippen molar-refractivity contribution in [1.29, 1.82) is 0 Å². The average molecular weight is 352 g/mol. The number of fused-ring (bicyclic) bond motifs is 1. The van der Waals surface area contributed by atoms with Gasteiger partial charge in [0.2, 0.25) is 6.79 Å². The molecule has 0 spiro atoms. The molecule has 1 aliphatic heterocycles. The highest BCUT2D eigenvalue weighted by molar-refractivity contribution is 6.13. The van der Waals surface area contributed by atoms with Crippen molar-refractivity contribution in [3.8, 4) is 22.8 Å². The van der Waals surface area contributed by atoms with Crippen LogP contribution in [0.25, 0.3) is 11.3 Å². The fraction of sp³-hybridized carbons (Fsp3) is 0.0526. The molecule has 0 aliphatic carbocycles. The van der Waals surface area contributed by atoms with E-state index in [2.05, 4.69) is 0 Å². The molecule has 0 atom stereocenters. The summed E-state index contributed by atoms with van der Waals surface area (Å²) in [5, 5.41) is 12.4. The van der Waals surface area contributed by atoms with E-state index >= 15 is 0 Å². The quantitative estimate of drug-likeness (QED) is 0.445. The second-order valence-corrected chi connectivity index (χ2v) is 5.70. The maximum atomic E-state index is 13.4. The van der Waals surface area contributed by atoms with Crippen LogP contribution in [0.2, 0.25) is 0 Å². The lowest BCUT2D eigenvalue weighted by molar-refractivity contribution is -0.593. The van der Waals surface area contributed by atoms with Gasteiger partial charge < -0.3 is 20.4 Å². The van der Waals surface area contributed by atoms with Crippen molar-refractivity contribution in [3.63, 3.8) is 0 Å². The van der Waals surface area contributed by atoms with Crippen LogP contribution in [0, 0.1) is 11.0 Å². The number of pyridine rings is 1. The summed E-state index contributed by atoms with van der Waals surface area (Å²) in [6, 6.07) is 11.7. The Kier molecular flexibility index (Phi) is 3.69. The SMILES string of the molecule is Nc1c(C(=O)c2cccc(F)c2)cc[n+]([O-])c1-c1cccc2c1OCO2. The van der Waals surface area contributed by atoms with Crippen molar-refractivity contribution in [3.05, 3.63) is 76.9 Å². The first kappa shape index (κ1) is 15.9. The largest absolute Gasteiger partial charge is 0.618 e. The number of nitrogen functional groups attached to an aromatic ring is 1. The lowest BCUT2D eigenvalue weighted by Gasteiger charge is -2.12. The smallest absolute Gasteiger partial charge is 0.251 e. The van der Waals surface area contributed by atoms with Gasteiger partial charge in [0.15, 0.2) is 23.5 Å². The Bertz CT molecular complexity index is 1040. The number of ether oxygens (including phenoxy) is 2. The average Bonchev–Trinajstić information content (AvgIpc) is 3.11. The second kappa shape index (κ2) is 6.03. The van der Waals surface area contributed by atoms with Crippen LogP contribution >= 0.6 is 0 Å². The molecule has 0 amide bonds. The predicted octanol–water partition coefficient (Wildman–Crippen LogP) is 2.67. The first-order valence-corrected chi connectivity index (χ1v) is 7.77. The van der Waals surface area contributed by atoms with E-state index in [4.69, 9.17) is 15.2 Å². The maximum Gasteiger partial charge on any atom is 0.251 e. The van der Waals surface area contributed by atoms with Crippen LogP contribution in [0.4, 0.5) is 10.1 Å². The fourth-order valence-electron chi connectivity index (χ4n) is 2.92. The molecule has 3 aromatic rings. The lowest BCUT2D eigenvalue weighted by atomic mass is 9.99. The van der Waals surface area contributed by atoms with Gasteiger partial charge in [0.1, 0.15) is 11.5 Å². The number of nitrogens with zero attached hydrogens (tertiary/aromatic N) is 1. The van der Waals surface area contributed by atoms with Gasteiger partial charge in [0, 0.05) is 11.6 Å². The molecule has 0 fully saturated rings. The summed E-state index contributed by atoms with van der Waals surface area (Å²) in [5.74, 6) is -0.132. The monoisotopic (exact) mass is 352 g/mol. The molecule has 0 radical (unpaired) electrons. The highest BCUT2D eigenvalue weighted by Gasteiger charge is 2.28. The first-order valence-electron chi connectivity index (χ1n) is 7.77. The molecule has 7 heteroatoms. The minimum Gasteiger partial charge on any atom is -0.618 e. The highest BCUT2D eigenvalue weighted by Crippen LogP contribution is 2.42. The van der Waals surface area contributed by atoms with Crippen LogP contribution < -0.4 is 19.9 Å². The zero-order valence-corrected chi connectivity index (χ0v) is 13.4. The predicted molar refractivity (Wildman–Crippen MR) is 91.2 cm³/mol. The van der Waals surface area contributed by atoms with E-state index < -0.39 is 11.6 Å². The third-order valence-electron chi connectivity index (χ3n) is 4.13. The standard InChI is InChI=1S/C19H13FN2O4/c20-12-4-1-3-11(9-12)18(23)13-7-8-22(24)17(16(13)21)14-5-2-6-15-19(14)26-10-25-15/h1-9H,10,21H2. The van der Waals surface area contributed by atoms with Crippen LogP contribution in [-0.4, -0.2) is 12.6 Å². The summed E-state index contributed by atoms with van der Waals surface area (Å²) in [7, 11) is 0. The summed E-state index contributed by atoms with van der Waals surface area (Å²) in [4.78, 5) is 12.7. The minimum atomic E-state index is -0.532. The van der Waals surface area contributed by atoms with Gasteiger partial charge in [0.05, 0.1) is 11.1 Å². The Labute approximate surface area is 147 Å². The first-order chi connectivity index (χ1) is 12.6. The number of anilines is 1. The summed E-state index contributed by atoms with van der Waals surface area (Å²) < 4.78 is 24.7. The lowest BCUT2D eigenvalue weighted by Crippen LogP contribution is -2.31. The van der Waals surface area contributed by atoms with E-state index in [1.54, 1.807) is 18.2 Å². The number of carbonyl (C=O) groups excluding carboxylic acids is 1. The third-order valence-corrected chi connectivity index (χ3v) is 4.13. The van der Waals surface area contributed by atoms with Crippen LogP contribution in [0.3, 0.4) is 0 Å². The van der Waals surface area contributed by atoms with Gasteiger partial charge in [-0.05, 0) is 24.3 Å². The summed E-state index contributed by atoms with van der Waals surface area (Å²) >= 11 is 0. The number of para-hydroxylation sites is 1. The number of aromatic nitrogens is 1. The fourth-order valence-corrected chi connectivity index (χ4v) is 2.92. The Balaban J connectivity index is 1.87. The Morgan fingerprint density at radius 1 is 1.15 bits per heavy atom. The number of hydrogen-bond acceptors (Lipinski definition) is 5. The molecule has 130 valence electrons. The van der Waals surface area contributed by atoms with Gasteiger partial charge in [-0.15, -0.1) is 0 Å². The van der Waals surface area contributed by atoms with Crippen molar-refractivity contribution < 1.29 is 23.4 Å². The third kappa shape index (κ3) is 2.50. The van der Waals surface area contributed by atoms with Gasteiger partial charge >= 0.3 is 0 Å². The van der Waals surface area contributed by atoms with Gasteiger partial charge in [-0.2, -0.15) is 4.73 Å². The number of benzene rings is 2. The van der Waals surface area contributed by atoms with E-state index in [9.17, 15) is 14.4 Å². The van der Waals surface area contributed by atoms with Crippen molar-refractivity contribution in [2.75, 3.05) is 12.5 Å². The Morgan fingerprint density at radius 2 is 1.96 bits per heavy atom. The summed E-state index contributed by atoms with van der Waals surface area (Å²) in [5.41, 5.74) is 6.89. The molecule has 1 aliphatic rings. The molecule has 1 aromatic heterocycles. The number of ketones is 1. The molecule has 0 saturated carbocycles. The molecule has 6 nitrogen and oxygen atoms in total. The zero-order valence-electron chi connectivity index (χ0n) is 13.4. The molecular weight excluding hydrogens is 339 g/mol. The van der Waals surface area contributed by atoms with Crippen molar-refractivity contribution >= 4 is 11.5 Å². The Hall–Kier alpha value is -3.61. The summed E-state index contributed by atoms with van der Waals surface area (Å²) in [6.07, 6.45) is 1.19. The van der Waals surface area contributed by atoms with E-state index in [-0.39, 0.29) is 29.3 Å².